The quantitative estimate of drug-likeness (QED) is 0.427. The first-order valence-electron chi connectivity index (χ1n) is 6.96. The van der Waals surface area contributed by atoms with Crippen LogP contribution in [0.25, 0.3) is 0 Å². The Balaban J connectivity index is 4.97. The van der Waals surface area contributed by atoms with Gasteiger partial charge in [0.15, 0.2) is 0 Å². The lowest BCUT2D eigenvalue weighted by Gasteiger charge is -2.29. The normalized spacial score (nSPS) is 17.6. The first kappa shape index (κ1) is 22.7. The summed E-state index contributed by atoms with van der Waals surface area (Å²) in [5, 5.41) is 0. The first-order chi connectivity index (χ1) is 10.1. The monoisotopic (exact) mass is 396 g/mol. The summed E-state index contributed by atoms with van der Waals surface area (Å²) >= 11 is 0. The molecule has 0 fully saturated rings. The van der Waals surface area contributed by atoms with Crippen LogP contribution in [0.4, 0.5) is 0 Å². The molecule has 0 amide bonds. The van der Waals surface area contributed by atoms with Gasteiger partial charge >= 0.3 is 0 Å². The summed E-state index contributed by atoms with van der Waals surface area (Å²) in [6, 6.07) is 0. The molecule has 0 saturated carbocycles. The van der Waals surface area contributed by atoms with Gasteiger partial charge in [-0.3, -0.25) is 13.7 Å². The number of hydrogen-bond acceptors (Lipinski definition) is 6. The molecule has 2 atom stereocenters. The van der Waals surface area contributed by atoms with Crippen molar-refractivity contribution >= 4 is 30.4 Å². The molecule has 0 radical (unpaired) electrons. The van der Waals surface area contributed by atoms with Crippen molar-refractivity contribution in [2.24, 2.45) is 17.8 Å². The van der Waals surface area contributed by atoms with Crippen LogP contribution in [0.3, 0.4) is 0 Å². The molecule has 0 bridgehead atoms. The second kappa shape index (κ2) is 8.72. The van der Waals surface area contributed by atoms with Crippen molar-refractivity contribution in [3.05, 3.63) is 0 Å². The topological polar surface area (TPSA) is 163 Å². The zero-order valence-corrected chi connectivity index (χ0v) is 15.4. The van der Waals surface area contributed by atoms with Gasteiger partial charge in [0.25, 0.3) is 30.4 Å². The molecule has 2 unspecified atom stereocenters. The molecule has 0 rings (SSSR count). The van der Waals surface area contributed by atoms with E-state index in [1.807, 2.05) is 0 Å². The predicted molar refractivity (Wildman–Crippen MR) is 84.9 cm³/mol. The van der Waals surface area contributed by atoms with Crippen LogP contribution in [0.5, 0.6) is 0 Å². The molecule has 0 aliphatic heterocycles. The lowest BCUT2D eigenvalue weighted by Crippen LogP contribution is -2.26. The Kier molecular flexibility index (Phi) is 8.61. The van der Waals surface area contributed by atoms with E-state index in [-0.39, 0.29) is 31.1 Å². The van der Waals surface area contributed by atoms with E-state index < -0.39 is 53.5 Å². The summed E-state index contributed by atoms with van der Waals surface area (Å²) in [5.41, 5.74) is 0. The fraction of sp³-hybridized carbons (Fsp3) is 1.00. The van der Waals surface area contributed by atoms with E-state index in [2.05, 4.69) is 0 Å². The van der Waals surface area contributed by atoms with Crippen LogP contribution >= 0.6 is 0 Å². The van der Waals surface area contributed by atoms with E-state index >= 15 is 0 Å². The molecule has 0 aromatic heterocycles. The molecule has 140 valence electrons. The average Bonchev–Trinajstić information content (AvgIpc) is 2.31. The van der Waals surface area contributed by atoms with Gasteiger partial charge < -0.3 is 0 Å². The largest absolute Gasteiger partial charge is 0.286 e. The molecule has 0 aromatic rings. The second-order valence-electron chi connectivity index (χ2n) is 5.84. The van der Waals surface area contributed by atoms with E-state index in [4.69, 9.17) is 13.7 Å². The molecule has 23 heavy (non-hydrogen) atoms. The van der Waals surface area contributed by atoms with Crippen molar-refractivity contribution in [2.75, 3.05) is 17.3 Å². The smallest absolute Gasteiger partial charge is 0.264 e. The van der Waals surface area contributed by atoms with Gasteiger partial charge in [-0.1, -0.05) is 13.8 Å². The first-order valence-corrected chi connectivity index (χ1v) is 11.8. The molecule has 0 aliphatic carbocycles. The molecule has 0 aliphatic rings. The third-order valence-corrected chi connectivity index (χ3v) is 6.09. The van der Waals surface area contributed by atoms with Crippen LogP contribution in [0.15, 0.2) is 0 Å². The van der Waals surface area contributed by atoms with Gasteiger partial charge in [0.05, 0.1) is 17.3 Å². The van der Waals surface area contributed by atoms with Crippen LogP contribution in [0, 0.1) is 17.8 Å². The van der Waals surface area contributed by atoms with E-state index in [0.29, 0.717) is 0 Å². The lowest BCUT2D eigenvalue weighted by molar-refractivity contribution is 0.234. The Labute approximate surface area is 137 Å². The van der Waals surface area contributed by atoms with E-state index in [0.717, 1.165) is 0 Å². The molecule has 3 N–H and O–H groups in total. The van der Waals surface area contributed by atoms with Gasteiger partial charge in [-0.25, -0.2) is 0 Å². The van der Waals surface area contributed by atoms with Crippen LogP contribution in [0.1, 0.15) is 33.1 Å². The van der Waals surface area contributed by atoms with Crippen molar-refractivity contribution in [2.45, 2.75) is 33.1 Å². The molecule has 0 saturated heterocycles. The Morgan fingerprint density at radius 1 is 0.609 bits per heavy atom. The minimum absolute atomic E-state index is 0.0120. The van der Waals surface area contributed by atoms with Gasteiger partial charge in [-0.05, 0) is 37.0 Å². The van der Waals surface area contributed by atoms with Gasteiger partial charge in [-0.2, -0.15) is 25.3 Å². The van der Waals surface area contributed by atoms with Gasteiger partial charge in [0, 0.05) is 0 Å². The van der Waals surface area contributed by atoms with Gasteiger partial charge in [0.2, 0.25) is 0 Å². The Morgan fingerprint density at radius 3 is 1.13 bits per heavy atom. The maximum atomic E-state index is 10.9. The van der Waals surface area contributed by atoms with E-state index in [1.165, 1.54) is 0 Å². The zero-order valence-electron chi connectivity index (χ0n) is 13.0. The van der Waals surface area contributed by atoms with Crippen molar-refractivity contribution in [1.29, 1.82) is 0 Å². The molecule has 9 nitrogen and oxygen atoms in total. The molecular weight excluding hydrogens is 372 g/mol. The average molecular weight is 397 g/mol. The molecule has 0 aromatic carbocycles. The zero-order chi connectivity index (χ0) is 18.5. The Morgan fingerprint density at radius 2 is 0.870 bits per heavy atom. The third kappa shape index (κ3) is 12.8. The summed E-state index contributed by atoms with van der Waals surface area (Å²) in [6.07, 6.45) is 0.133. The Hall–Kier alpha value is -0.270. The van der Waals surface area contributed by atoms with E-state index in [1.54, 1.807) is 13.8 Å². The molecular formula is C11H24O9S3. The maximum absolute atomic E-state index is 10.9. The summed E-state index contributed by atoms with van der Waals surface area (Å²) in [4.78, 5) is 0. The van der Waals surface area contributed by atoms with Gasteiger partial charge in [0.1, 0.15) is 0 Å². The lowest BCUT2D eigenvalue weighted by atomic mass is 9.79. The number of rotatable bonds is 11. The molecule has 0 spiro atoms. The van der Waals surface area contributed by atoms with Crippen LogP contribution in [0.2, 0.25) is 0 Å². The highest BCUT2D eigenvalue weighted by molar-refractivity contribution is 7.86. The number of hydrogen-bond donors (Lipinski definition) is 3. The maximum Gasteiger partial charge on any atom is 0.264 e. The van der Waals surface area contributed by atoms with Crippen LogP contribution < -0.4 is 0 Å². The van der Waals surface area contributed by atoms with Crippen LogP contribution in [-0.2, 0) is 30.4 Å². The predicted octanol–water partition coefficient (Wildman–Crippen LogP) is 0.709. The van der Waals surface area contributed by atoms with Crippen molar-refractivity contribution in [3.63, 3.8) is 0 Å². The fourth-order valence-electron chi connectivity index (χ4n) is 2.51. The highest BCUT2D eigenvalue weighted by Crippen LogP contribution is 2.30. The summed E-state index contributed by atoms with van der Waals surface area (Å²) < 4.78 is 91.4. The highest BCUT2D eigenvalue weighted by Gasteiger charge is 2.27. The highest BCUT2D eigenvalue weighted by atomic mass is 32.2. The second-order valence-corrected chi connectivity index (χ2v) is 10.6. The van der Waals surface area contributed by atoms with E-state index in [9.17, 15) is 25.3 Å². The summed E-state index contributed by atoms with van der Waals surface area (Å²) in [6.45, 7) is 3.31. The van der Waals surface area contributed by atoms with Crippen molar-refractivity contribution < 1.29 is 38.9 Å². The van der Waals surface area contributed by atoms with Gasteiger partial charge in [-0.15, -0.1) is 0 Å². The SMILES string of the molecule is CC(CCS(=O)(=O)O)C(CCS(=O)(=O)O)C(C)CCS(=O)(=O)O. The van der Waals surface area contributed by atoms with Crippen molar-refractivity contribution in [3.8, 4) is 0 Å². The van der Waals surface area contributed by atoms with Crippen LogP contribution in [-0.4, -0.2) is 56.2 Å². The third-order valence-electron chi connectivity index (χ3n) is 3.83. The molecule has 12 heteroatoms. The fourth-order valence-corrected chi connectivity index (χ4v) is 4.42. The summed E-state index contributed by atoms with van der Waals surface area (Å²) in [7, 11) is -12.5. The van der Waals surface area contributed by atoms with Crippen molar-refractivity contribution in [1.82, 2.24) is 0 Å². The Bertz CT molecular complexity index is 622. The summed E-state index contributed by atoms with van der Waals surface area (Å²) in [5.74, 6) is -2.61. The minimum Gasteiger partial charge on any atom is -0.286 e. The minimum atomic E-state index is -4.21. The standard InChI is InChI=1S/C11H24O9S3/c1-9(3-6-21(12,13)14)11(5-8-23(18,19)20)10(2)4-7-22(15,16)17/h9-11H,3-8H2,1-2H3,(H,12,13,14)(H,15,16,17)(H,18,19,20). The molecule has 0 heterocycles.